The summed E-state index contributed by atoms with van der Waals surface area (Å²) >= 11 is 1.18. The van der Waals surface area contributed by atoms with E-state index in [-0.39, 0.29) is 18.1 Å². The first-order chi connectivity index (χ1) is 7.06. The molecule has 1 heterocycles. The molecule has 0 bridgehead atoms. The minimum atomic E-state index is -1.06. The standard InChI is InChI=1S/C9H11NO4S/c1-5(11)10-8-7(9(12)13)6(3-14-2)4-15-8/h4H,3H2,1-2H3,(H,10,11)(H,12,13). The van der Waals surface area contributed by atoms with Crippen LogP contribution in [-0.2, 0) is 16.1 Å². The van der Waals surface area contributed by atoms with Crippen LogP contribution in [0.25, 0.3) is 0 Å². The van der Waals surface area contributed by atoms with E-state index in [1.54, 1.807) is 5.38 Å². The number of anilines is 1. The van der Waals surface area contributed by atoms with Gasteiger partial charge in [0.25, 0.3) is 0 Å². The van der Waals surface area contributed by atoms with Crippen molar-refractivity contribution in [3.63, 3.8) is 0 Å². The summed E-state index contributed by atoms with van der Waals surface area (Å²) < 4.78 is 4.87. The van der Waals surface area contributed by atoms with Crippen molar-refractivity contribution in [1.29, 1.82) is 0 Å². The molecule has 0 unspecified atom stereocenters. The van der Waals surface area contributed by atoms with Crippen LogP contribution >= 0.6 is 11.3 Å². The number of rotatable bonds is 4. The zero-order chi connectivity index (χ0) is 11.4. The summed E-state index contributed by atoms with van der Waals surface area (Å²) in [7, 11) is 1.49. The highest BCUT2D eigenvalue weighted by atomic mass is 32.1. The van der Waals surface area contributed by atoms with Crippen molar-refractivity contribution in [3.8, 4) is 0 Å². The fourth-order valence-corrected chi connectivity index (χ4v) is 2.13. The number of carbonyl (C=O) groups is 2. The Labute approximate surface area is 90.7 Å². The third-order valence-electron chi connectivity index (χ3n) is 1.67. The highest BCUT2D eigenvalue weighted by Gasteiger charge is 2.18. The van der Waals surface area contributed by atoms with Crippen molar-refractivity contribution in [2.24, 2.45) is 0 Å². The minimum absolute atomic E-state index is 0.108. The van der Waals surface area contributed by atoms with Crippen molar-refractivity contribution in [3.05, 3.63) is 16.5 Å². The predicted molar refractivity (Wildman–Crippen MR) is 56.3 cm³/mol. The summed E-state index contributed by atoms with van der Waals surface area (Å²) in [5, 5.41) is 13.5. The van der Waals surface area contributed by atoms with Crippen molar-refractivity contribution in [1.82, 2.24) is 0 Å². The van der Waals surface area contributed by atoms with E-state index in [2.05, 4.69) is 5.32 Å². The van der Waals surface area contributed by atoms with Crippen LogP contribution in [-0.4, -0.2) is 24.1 Å². The van der Waals surface area contributed by atoms with E-state index < -0.39 is 5.97 Å². The van der Waals surface area contributed by atoms with Gasteiger partial charge in [0, 0.05) is 19.6 Å². The molecule has 1 aromatic heterocycles. The summed E-state index contributed by atoms with van der Waals surface area (Å²) in [6.07, 6.45) is 0. The van der Waals surface area contributed by atoms with Gasteiger partial charge in [0.1, 0.15) is 5.00 Å². The zero-order valence-corrected chi connectivity index (χ0v) is 9.18. The lowest BCUT2D eigenvalue weighted by Gasteiger charge is -2.02. The van der Waals surface area contributed by atoms with Crippen molar-refractivity contribution < 1.29 is 19.4 Å². The van der Waals surface area contributed by atoms with Gasteiger partial charge >= 0.3 is 5.97 Å². The Morgan fingerprint density at radius 2 is 2.27 bits per heavy atom. The summed E-state index contributed by atoms with van der Waals surface area (Å²) in [5.41, 5.74) is 0.677. The Bertz CT molecular complexity index is 385. The maximum absolute atomic E-state index is 11.0. The van der Waals surface area contributed by atoms with Crippen LogP contribution in [0.2, 0.25) is 0 Å². The van der Waals surface area contributed by atoms with Crippen LogP contribution in [0, 0.1) is 0 Å². The van der Waals surface area contributed by atoms with Gasteiger partial charge < -0.3 is 15.2 Å². The van der Waals surface area contributed by atoms with Gasteiger partial charge in [0.05, 0.1) is 12.2 Å². The summed E-state index contributed by atoms with van der Waals surface area (Å²) in [5.74, 6) is -1.35. The SMILES string of the molecule is COCc1csc(NC(C)=O)c1C(=O)O. The van der Waals surface area contributed by atoms with Gasteiger partial charge in [-0.1, -0.05) is 0 Å². The smallest absolute Gasteiger partial charge is 0.339 e. The van der Waals surface area contributed by atoms with E-state index in [1.807, 2.05) is 0 Å². The van der Waals surface area contributed by atoms with Gasteiger partial charge in [-0.25, -0.2) is 4.79 Å². The maximum Gasteiger partial charge on any atom is 0.339 e. The third kappa shape index (κ3) is 2.77. The number of carboxylic acids is 1. The van der Waals surface area contributed by atoms with E-state index in [1.165, 1.54) is 25.4 Å². The molecule has 1 rings (SSSR count). The van der Waals surface area contributed by atoms with E-state index in [0.29, 0.717) is 10.6 Å². The number of carbonyl (C=O) groups excluding carboxylic acids is 1. The number of methoxy groups -OCH3 is 1. The number of thiophene rings is 1. The number of hydrogen-bond donors (Lipinski definition) is 2. The molecule has 0 fully saturated rings. The third-order valence-corrected chi connectivity index (χ3v) is 2.61. The second-order valence-electron chi connectivity index (χ2n) is 2.88. The molecule has 0 radical (unpaired) electrons. The first-order valence-corrected chi connectivity index (χ1v) is 5.04. The number of nitrogens with one attached hydrogen (secondary N) is 1. The zero-order valence-electron chi connectivity index (χ0n) is 8.36. The van der Waals surface area contributed by atoms with Crippen LogP contribution in [0.1, 0.15) is 22.8 Å². The van der Waals surface area contributed by atoms with Gasteiger partial charge in [-0.3, -0.25) is 4.79 Å². The molecule has 2 N–H and O–H groups in total. The van der Waals surface area contributed by atoms with Crippen molar-refractivity contribution >= 4 is 28.2 Å². The average Bonchev–Trinajstić information content (AvgIpc) is 2.47. The molecule has 0 aromatic carbocycles. The second kappa shape index (κ2) is 4.90. The van der Waals surface area contributed by atoms with Gasteiger partial charge in [-0.05, 0) is 5.38 Å². The molecular weight excluding hydrogens is 218 g/mol. The lowest BCUT2D eigenvalue weighted by Crippen LogP contribution is -2.09. The maximum atomic E-state index is 11.0. The van der Waals surface area contributed by atoms with Crippen LogP contribution in [0.3, 0.4) is 0 Å². The van der Waals surface area contributed by atoms with E-state index >= 15 is 0 Å². The van der Waals surface area contributed by atoms with Crippen LogP contribution in [0.4, 0.5) is 5.00 Å². The molecule has 0 atom stereocenters. The fraction of sp³-hybridized carbons (Fsp3) is 0.333. The lowest BCUT2D eigenvalue weighted by atomic mass is 10.2. The van der Waals surface area contributed by atoms with Crippen molar-refractivity contribution in [2.75, 3.05) is 12.4 Å². The van der Waals surface area contributed by atoms with Crippen LogP contribution in [0.5, 0.6) is 0 Å². The molecule has 1 aromatic rings. The normalized spacial score (nSPS) is 10.0. The minimum Gasteiger partial charge on any atom is -0.478 e. The Hall–Kier alpha value is -1.40. The predicted octanol–water partition coefficient (Wildman–Crippen LogP) is 1.55. The van der Waals surface area contributed by atoms with Crippen LogP contribution < -0.4 is 5.32 Å². The Kier molecular flexibility index (Phi) is 3.81. The van der Waals surface area contributed by atoms with Gasteiger partial charge in [-0.15, -0.1) is 11.3 Å². The Balaban J connectivity index is 3.06. The van der Waals surface area contributed by atoms with Gasteiger partial charge in [-0.2, -0.15) is 0 Å². The molecule has 5 nitrogen and oxygen atoms in total. The molecule has 82 valence electrons. The largest absolute Gasteiger partial charge is 0.478 e. The molecule has 0 aliphatic rings. The molecular formula is C9H11NO4S. The topological polar surface area (TPSA) is 75.6 Å². The molecule has 0 aliphatic carbocycles. The highest BCUT2D eigenvalue weighted by molar-refractivity contribution is 7.15. The highest BCUT2D eigenvalue weighted by Crippen LogP contribution is 2.28. The molecule has 15 heavy (non-hydrogen) atoms. The van der Waals surface area contributed by atoms with E-state index in [0.717, 1.165) is 0 Å². The number of amides is 1. The summed E-state index contributed by atoms with van der Waals surface area (Å²) in [6, 6.07) is 0. The molecule has 6 heteroatoms. The van der Waals surface area contributed by atoms with E-state index in [9.17, 15) is 9.59 Å². The van der Waals surface area contributed by atoms with E-state index in [4.69, 9.17) is 9.84 Å². The fourth-order valence-electron chi connectivity index (χ4n) is 1.14. The van der Waals surface area contributed by atoms with Crippen LogP contribution in [0.15, 0.2) is 5.38 Å². The first-order valence-electron chi connectivity index (χ1n) is 4.16. The first kappa shape index (κ1) is 11.7. The molecule has 0 saturated carbocycles. The van der Waals surface area contributed by atoms with Gasteiger partial charge in [0.2, 0.25) is 5.91 Å². The summed E-state index contributed by atoms with van der Waals surface area (Å²) in [6.45, 7) is 1.55. The quantitative estimate of drug-likeness (QED) is 0.821. The number of carboxylic acid groups (broad SMARTS) is 1. The molecule has 1 amide bonds. The number of hydrogen-bond acceptors (Lipinski definition) is 4. The summed E-state index contributed by atoms with van der Waals surface area (Å²) in [4.78, 5) is 21.8. The van der Waals surface area contributed by atoms with Gasteiger partial charge in [0.15, 0.2) is 0 Å². The molecule has 0 spiro atoms. The Morgan fingerprint density at radius 3 is 2.73 bits per heavy atom. The monoisotopic (exact) mass is 229 g/mol. The van der Waals surface area contributed by atoms with Crippen molar-refractivity contribution in [2.45, 2.75) is 13.5 Å². The molecule has 0 aliphatic heterocycles. The molecule has 0 saturated heterocycles. The lowest BCUT2D eigenvalue weighted by molar-refractivity contribution is -0.114. The second-order valence-corrected chi connectivity index (χ2v) is 3.76. The Morgan fingerprint density at radius 1 is 1.60 bits per heavy atom. The number of aromatic carboxylic acids is 1. The average molecular weight is 229 g/mol. The number of ether oxygens (including phenoxy) is 1.